The summed E-state index contributed by atoms with van der Waals surface area (Å²) >= 11 is 1.76. The van der Waals surface area contributed by atoms with Crippen LogP contribution in [0.3, 0.4) is 0 Å². The standard InChI is InChI=1S/C12H22N4OS.2ClH/c1-15-6-8-16(9-7-15)11(17)3-10-18-12-13-4-2-5-14-12;;/h2,4,12-14H,3,5-10H2,1H3;2*1H. The van der Waals surface area contributed by atoms with Crippen molar-refractivity contribution in [1.82, 2.24) is 20.4 Å². The van der Waals surface area contributed by atoms with Crippen molar-refractivity contribution in [1.29, 1.82) is 0 Å². The van der Waals surface area contributed by atoms with Crippen LogP contribution in [0, 0.1) is 0 Å². The number of carbonyl (C=O) groups excluding carboxylic acids is 1. The molecule has 2 aliphatic heterocycles. The Morgan fingerprint density at radius 3 is 2.60 bits per heavy atom. The molecule has 0 bridgehead atoms. The van der Waals surface area contributed by atoms with Gasteiger partial charge in [-0.2, -0.15) is 0 Å². The number of carbonyl (C=O) groups is 1. The first-order chi connectivity index (χ1) is 8.75. The van der Waals surface area contributed by atoms with Crippen molar-refractivity contribution in [3.63, 3.8) is 0 Å². The minimum Gasteiger partial charge on any atom is -0.368 e. The van der Waals surface area contributed by atoms with Crippen molar-refractivity contribution >= 4 is 42.5 Å². The summed E-state index contributed by atoms with van der Waals surface area (Å²) in [6.45, 7) is 4.65. The van der Waals surface area contributed by atoms with E-state index in [9.17, 15) is 4.79 Å². The van der Waals surface area contributed by atoms with Gasteiger partial charge < -0.3 is 15.1 Å². The maximum absolute atomic E-state index is 12.0. The van der Waals surface area contributed by atoms with E-state index in [1.54, 1.807) is 11.8 Å². The Hall–Kier alpha value is -0.140. The Bertz CT molecular complexity index is 312. The monoisotopic (exact) mass is 342 g/mol. The van der Waals surface area contributed by atoms with Crippen LogP contribution >= 0.6 is 36.6 Å². The Morgan fingerprint density at radius 1 is 1.30 bits per heavy atom. The number of likely N-dealkylation sites (N-methyl/N-ethyl adjacent to an activating group) is 1. The lowest BCUT2D eigenvalue weighted by molar-refractivity contribution is -0.132. The summed E-state index contributed by atoms with van der Waals surface area (Å²) in [5.41, 5.74) is 0.246. The number of halogens is 2. The molecule has 118 valence electrons. The van der Waals surface area contributed by atoms with Crippen molar-refractivity contribution < 1.29 is 4.79 Å². The van der Waals surface area contributed by atoms with Gasteiger partial charge in [0, 0.05) is 44.9 Å². The predicted molar refractivity (Wildman–Crippen MR) is 89.7 cm³/mol. The van der Waals surface area contributed by atoms with Gasteiger partial charge in [0.1, 0.15) is 5.50 Å². The molecule has 1 unspecified atom stereocenters. The summed E-state index contributed by atoms with van der Waals surface area (Å²) in [4.78, 5) is 16.2. The number of hydrogen-bond acceptors (Lipinski definition) is 5. The third-order valence-corrected chi connectivity index (χ3v) is 4.32. The van der Waals surface area contributed by atoms with Gasteiger partial charge in [-0.15, -0.1) is 36.6 Å². The van der Waals surface area contributed by atoms with Gasteiger partial charge in [-0.1, -0.05) is 6.08 Å². The third-order valence-electron chi connectivity index (χ3n) is 3.24. The van der Waals surface area contributed by atoms with Crippen LogP contribution in [0.4, 0.5) is 0 Å². The molecule has 0 aromatic heterocycles. The summed E-state index contributed by atoms with van der Waals surface area (Å²) in [6.07, 6.45) is 4.65. The maximum atomic E-state index is 12.0. The van der Waals surface area contributed by atoms with E-state index >= 15 is 0 Å². The second-order valence-corrected chi connectivity index (χ2v) is 5.88. The summed E-state index contributed by atoms with van der Waals surface area (Å²) < 4.78 is 0. The molecule has 20 heavy (non-hydrogen) atoms. The number of piperazine rings is 1. The van der Waals surface area contributed by atoms with E-state index in [4.69, 9.17) is 0 Å². The second kappa shape index (κ2) is 10.6. The Balaban J connectivity index is 0.00000180. The average Bonchev–Trinajstić information content (AvgIpc) is 2.40. The van der Waals surface area contributed by atoms with E-state index in [1.807, 2.05) is 17.2 Å². The number of amides is 1. The fourth-order valence-corrected chi connectivity index (χ4v) is 2.95. The summed E-state index contributed by atoms with van der Waals surface area (Å²) in [5, 5.41) is 6.53. The minimum absolute atomic E-state index is 0. The molecule has 0 radical (unpaired) electrons. The van der Waals surface area contributed by atoms with Crippen molar-refractivity contribution in [2.75, 3.05) is 45.5 Å². The number of thioether (sulfide) groups is 1. The van der Waals surface area contributed by atoms with Gasteiger partial charge in [0.15, 0.2) is 0 Å². The molecule has 1 fully saturated rings. The maximum Gasteiger partial charge on any atom is 0.223 e. The number of rotatable bonds is 4. The van der Waals surface area contributed by atoms with Gasteiger partial charge in [0.25, 0.3) is 0 Å². The lowest BCUT2D eigenvalue weighted by atomic mass is 10.3. The van der Waals surface area contributed by atoms with E-state index in [2.05, 4.69) is 22.6 Å². The molecule has 2 heterocycles. The summed E-state index contributed by atoms with van der Waals surface area (Å²) in [6, 6.07) is 0. The van der Waals surface area contributed by atoms with E-state index in [-0.39, 0.29) is 30.3 Å². The fraction of sp³-hybridized carbons (Fsp3) is 0.750. The Labute approximate surface area is 137 Å². The molecule has 1 atom stereocenters. The van der Waals surface area contributed by atoms with Crippen LogP contribution in [0.2, 0.25) is 0 Å². The van der Waals surface area contributed by atoms with E-state index < -0.39 is 0 Å². The van der Waals surface area contributed by atoms with Crippen molar-refractivity contribution in [2.24, 2.45) is 0 Å². The average molecular weight is 343 g/mol. The highest BCUT2D eigenvalue weighted by Gasteiger charge is 2.19. The molecule has 0 aromatic rings. The van der Waals surface area contributed by atoms with Gasteiger partial charge in [0.2, 0.25) is 5.91 Å². The molecule has 1 amide bonds. The SMILES string of the molecule is CN1CCN(C(=O)CCSC2NC=CCN2)CC1.Cl.Cl. The minimum atomic E-state index is 0. The number of hydrogen-bond donors (Lipinski definition) is 2. The van der Waals surface area contributed by atoms with Crippen molar-refractivity contribution in [3.8, 4) is 0 Å². The summed E-state index contributed by atoms with van der Waals surface area (Å²) in [5.74, 6) is 1.16. The van der Waals surface area contributed by atoms with Gasteiger partial charge in [-0.25, -0.2) is 0 Å². The Kier molecular flexibility index (Phi) is 10.5. The highest BCUT2D eigenvalue weighted by molar-refractivity contribution is 7.99. The molecular weight excluding hydrogens is 319 g/mol. The second-order valence-electron chi connectivity index (χ2n) is 4.66. The normalized spacial score (nSPS) is 22.4. The van der Waals surface area contributed by atoms with Gasteiger partial charge in [-0.3, -0.25) is 10.1 Å². The van der Waals surface area contributed by atoms with E-state index in [0.29, 0.717) is 12.3 Å². The van der Waals surface area contributed by atoms with Crippen LogP contribution in [0.1, 0.15) is 6.42 Å². The lowest BCUT2D eigenvalue weighted by Gasteiger charge is -2.32. The lowest BCUT2D eigenvalue weighted by Crippen LogP contribution is -2.47. The van der Waals surface area contributed by atoms with Crippen molar-refractivity contribution in [2.45, 2.75) is 11.9 Å². The smallest absolute Gasteiger partial charge is 0.223 e. The topological polar surface area (TPSA) is 47.6 Å². The molecule has 2 N–H and O–H groups in total. The highest BCUT2D eigenvalue weighted by Crippen LogP contribution is 2.11. The first kappa shape index (κ1) is 19.9. The first-order valence-corrected chi connectivity index (χ1v) is 7.53. The molecule has 0 aromatic carbocycles. The van der Waals surface area contributed by atoms with Crippen LogP contribution in [-0.4, -0.2) is 66.7 Å². The van der Waals surface area contributed by atoms with Gasteiger partial charge in [-0.05, 0) is 13.2 Å². The zero-order valence-corrected chi connectivity index (χ0v) is 14.2. The highest BCUT2D eigenvalue weighted by atomic mass is 35.5. The molecule has 5 nitrogen and oxygen atoms in total. The van der Waals surface area contributed by atoms with E-state index in [1.165, 1.54) is 0 Å². The molecule has 0 saturated carbocycles. The number of nitrogens with one attached hydrogen (secondary N) is 2. The largest absolute Gasteiger partial charge is 0.368 e. The van der Waals surface area contributed by atoms with Crippen LogP contribution in [0.25, 0.3) is 0 Å². The number of nitrogens with zero attached hydrogens (tertiary/aromatic N) is 2. The fourth-order valence-electron chi connectivity index (χ4n) is 2.03. The van der Waals surface area contributed by atoms with Crippen molar-refractivity contribution in [3.05, 3.63) is 12.3 Å². The molecule has 2 aliphatic rings. The molecule has 8 heteroatoms. The zero-order chi connectivity index (χ0) is 12.8. The summed E-state index contributed by atoms with van der Waals surface area (Å²) in [7, 11) is 2.10. The van der Waals surface area contributed by atoms with Crippen LogP contribution < -0.4 is 10.6 Å². The van der Waals surface area contributed by atoms with Crippen LogP contribution in [-0.2, 0) is 4.79 Å². The van der Waals surface area contributed by atoms with Gasteiger partial charge in [0.05, 0.1) is 0 Å². The third kappa shape index (κ3) is 6.54. The molecule has 0 spiro atoms. The van der Waals surface area contributed by atoms with Crippen LogP contribution in [0.15, 0.2) is 12.3 Å². The van der Waals surface area contributed by atoms with Crippen LogP contribution in [0.5, 0.6) is 0 Å². The molecular formula is C12H24Cl2N4OS. The quantitative estimate of drug-likeness (QED) is 0.788. The van der Waals surface area contributed by atoms with Gasteiger partial charge >= 0.3 is 0 Å². The predicted octanol–water partition coefficient (Wildman–Crippen LogP) is 0.717. The molecule has 0 aliphatic carbocycles. The van der Waals surface area contributed by atoms with E-state index in [0.717, 1.165) is 38.5 Å². The molecule has 2 rings (SSSR count). The molecule has 1 saturated heterocycles. The zero-order valence-electron chi connectivity index (χ0n) is 11.7. The Morgan fingerprint density at radius 2 is 2.00 bits per heavy atom. The first-order valence-electron chi connectivity index (χ1n) is 6.48.